The number of hydrogen-bond acceptors (Lipinski definition) is 3. The summed E-state index contributed by atoms with van der Waals surface area (Å²) in [7, 11) is 0. The standard InChI is InChI=1S/C14H20BrN3S/c1-14(2)5-6-18(7-8-19-14)12-9-10(15)3-4-11(12)13(16)17/h3-4,9H,5-8H2,1-2H3,(H3,16,17). The number of hydrogen-bond donors (Lipinski definition) is 2. The van der Waals surface area contributed by atoms with E-state index in [1.165, 1.54) is 0 Å². The minimum Gasteiger partial charge on any atom is -0.384 e. The first-order valence-corrected chi connectivity index (χ1v) is 8.20. The van der Waals surface area contributed by atoms with Gasteiger partial charge in [-0.1, -0.05) is 29.8 Å². The Morgan fingerprint density at radius 2 is 2.16 bits per heavy atom. The van der Waals surface area contributed by atoms with Gasteiger partial charge in [-0.05, 0) is 24.6 Å². The lowest BCUT2D eigenvalue weighted by Crippen LogP contribution is -2.29. The zero-order valence-electron chi connectivity index (χ0n) is 11.4. The van der Waals surface area contributed by atoms with Crippen molar-refractivity contribution in [2.24, 2.45) is 5.73 Å². The molecule has 3 N–H and O–H groups in total. The molecule has 0 unspecified atom stereocenters. The van der Waals surface area contributed by atoms with Gasteiger partial charge in [-0.25, -0.2) is 0 Å². The highest BCUT2D eigenvalue weighted by molar-refractivity contribution is 9.10. The van der Waals surface area contributed by atoms with Crippen LogP contribution in [0, 0.1) is 5.41 Å². The molecule has 1 aromatic carbocycles. The Morgan fingerprint density at radius 3 is 2.84 bits per heavy atom. The number of rotatable bonds is 2. The number of nitrogens with one attached hydrogen (secondary N) is 1. The largest absolute Gasteiger partial charge is 0.384 e. The van der Waals surface area contributed by atoms with Crippen molar-refractivity contribution < 1.29 is 0 Å². The van der Waals surface area contributed by atoms with E-state index in [-0.39, 0.29) is 5.84 Å². The third-order valence-electron chi connectivity index (χ3n) is 3.43. The Labute approximate surface area is 127 Å². The molecule has 1 saturated heterocycles. The molecule has 0 atom stereocenters. The van der Waals surface area contributed by atoms with Gasteiger partial charge in [0.2, 0.25) is 0 Å². The van der Waals surface area contributed by atoms with Crippen LogP contribution in [0.3, 0.4) is 0 Å². The van der Waals surface area contributed by atoms with E-state index in [9.17, 15) is 0 Å². The Morgan fingerprint density at radius 1 is 1.42 bits per heavy atom. The Bertz CT molecular complexity index is 488. The number of thioether (sulfide) groups is 1. The third kappa shape index (κ3) is 3.66. The van der Waals surface area contributed by atoms with E-state index in [2.05, 4.69) is 40.7 Å². The lowest BCUT2D eigenvalue weighted by Gasteiger charge is -2.26. The molecule has 0 bridgehead atoms. The second-order valence-electron chi connectivity index (χ2n) is 5.42. The van der Waals surface area contributed by atoms with Gasteiger partial charge in [0.05, 0.1) is 0 Å². The van der Waals surface area contributed by atoms with Crippen LogP contribution in [0.15, 0.2) is 22.7 Å². The molecule has 3 nitrogen and oxygen atoms in total. The van der Waals surface area contributed by atoms with Crippen LogP contribution in [0.25, 0.3) is 0 Å². The summed E-state index contributed by atoms with van der Waals surface area (Å²) in [6, 6.07) is 5.93. The molecule has 0 radical (unpaired) electrons. The van der Waals surface area contributed by atoms with Crippen LogP contribution < -0.4 is 10.6 Å². The molecule has 1 fully saturated rings. The zero-order valence-corrected chi connectivity index (χ0v) is 13.8. The highest BCUT2D eigenvalue weighted by Gasteiger charge is 2.25. The molecule has 19 heavy (non-hydrogen) atoms. The number of nitrogens with zero attached hydrogens (tertiary/aromatic N) is 1. The molecule has 0 saturated carbocycles. The molecule has 0 aliphatic carbocycles. The van der Waals surface area contributed by atoms with E-state index in [0.717, 1.165) is 41.0 Å². The van der Waals surface area contributed by atoms with Crippen LogP contribution in [0.2, 0.25) is 0 Å². The second-order valence-corrected chi connectivity index (χ2v) is 8.14. The summed E-state index contributed by atoms with van der Waals surface area (Å²) in [5, 5.41) is 7.73. The SMILES string of the molecule is CC1(C)CCN(c2cc(Br)ccc2C(=N)N)CCS1. The molecule has 2 rings (SSSR count). The topological polar surface area (TPSA) is 53.1 Å². The smallest absolute Gasteiger partial charge is 0.124 e. The highest BCUT2D eigenvalue weighted by atomic mass is 79.9. The number of nitrogen functional groups attached to an aromatic ring is 1. The number of anilines is 1. The molecular formula is C14H20BrN3S. The Kier molecular flexibility index (Phi) is 4.46. The van der Waals surface area contributed by atoms with Crippen LogP contribution >= 0.6 is 27.7 Å². The fourth-order valence-electron chi connectivity index (χ4n) is 2.26. The van der Waals surface area contributed by atoms with Crippen molar-refractivity contribution in [3.8, 4) is 0 Å². The summed E-state index contributed by atoms with van der Waals surface area (Å²) in [6.07, 6.45) is 1.14. The molecule has 104 valence electrons. The van der Waals surface area contributed by atoms with E-state index < -0.39 is 0 Å². The van der Waals surface area contributed by atoms with Crippen LogP contribution in [0.4, 0.5) is 5.69 Å². The number of nitrogens with two attached hydrogens (primary N) is 1. The highest BCUT2D eigenvalue weighted by Crippen LogP contribution is 2.34. The Balaban J connectivity index is 2.30. The van der Waals surface area contributed by atoms with Crippen LogP contribution in [0.1, 0.15) is 25.8 Å². The molecule has 1 aromatic rings. The van der Waals surface area contributed by atoms with Gasteiger partial charge in [0, 0.05) is 39.3 Å². The van der Waals surface area contributed by atoms with Crippen LogP contribution in [0.5, 0.6) is 0 Å². The lowest BCUT2D eigenvalue weighted by atomic mass is 10.1. The van der Waals surface area contributed by atoms with Gasteiger partial charge in [-0.2, -0.15) is 11.8 Å². The second kappa shape index (κ2) is 5.75. The minimum absolute atomic E-state index is 0.138. The summed E-state index contributed by atoms with van der Waals surface area (Å²) >= 11 is 5.53. The summed E-state index contributed by atoms with van der Waals surface area (Å²) in [6.45, 7) is 6.61. The van der Waals surface area contributed by atoms with E-state index >= 15 is 0 Å². The minimum atomic E-state index is 0.138. The third-order valence-corrected chi connectivity index (χ3v) is 5.29. The first-order chi connectivity index (χ1) is 8.89. The maximum absolute atomic E-state index is 7.73. The fourth-order valence-corrected chi connectivity index (χ4v) is 3.70. The molecule has 0 aromatic heterocycles. The van der Waals surface area contributed by atoms with E-state index in [1.54, 1.807) is 0 Å². The van der Waals surface area contributed by atoms with E-state index in [4.69, 9.17) is 11.1 Å². The van der Waals surface area contributed by atoms with Gasteiger partial charge in [0.25, 0.3) is 0 Å². The van der Waals surface area contributed by atoms with E-state index in [1.807, 2.05) is 23.9 Å². The van der Waals surface area contributed by atoms with Gasteiger partial charge in [-0.15, -0.1) is 0 Å². The lowest BCUT2D eigenvalue weighted by molar-refractivity contribution is 0.637. The number of halogens is 1. The summed E-state index contributed by atoms with van der Waals surface area (Å²) in [4.78, 5) is 2.35. The summed E-state index contributed by atoms with van der Waals surface area (Å²) in [5.74, 6) is 1.25. The first-order valence-electron chi connectivity index (χ1n) is 6.42. The van der Waals surface area contributed by atoms with Gasteiger partial charge in [0.15, 0.2) is 0 Å². The molecule has 5 heteroatoms. The number of benzene rings is 1. The molecule has 1 aliphatic heterocycles. The quantitative estimate of drug-likeness (QED) is 0.639. The fraction of sp³-hybridized carbons (Fsp3) is 0.500. The molecule has 0 spiro atoms. The van der Waals surface area contributed by atoms with Crippen molar-refractivity contribution in [3.05, 3.63) is 28.2 Å². The summed E-state index contributed by atoms with van der Waals surface area (Å²) in [5.41, 5.74) is 7.60. The van der Waals surface area contributed by atoms with Gasteiger partial charge in [-0.3, -0.25) is 5.41 Å². The van der Waals surface area contributed by atoms with Crippen LogP contribution in [-0.4, -0.2) is 29.4 Å². The normalized spacial score (nSPS) is 19.0. The zero-order chi connectivity index (χ0) is 14.0. The van der Waals surface area contributed by atoms with Gasteiger partial charge in [0.1, 0.15) is 5.84 Å². The predicted octanol–water partition coefficient (Wildman–Crippen LogP) is 3.46. The molecule has 0 amide bonds. The van der Waals surface area contributed by atoms with Crippen molar-refractivity contribution >= 4 is 39.2 Å². The summed E-state index contributed by atoms with van der Waals surface area (Å²) < 4.78 is 1.36. The van der Waals surface area contributed by atoms with Gasteiger partial charge >= 0.3 is 0 Å². The molecule has 1 heterocycles. The average molecular weight is 342 g/mol. The molecular weight excluding hydrogens is 322 g/mol. The van der Waals surface area contributed by atoms with Crippen molar-refractivity contribution in [2.75, 3.05) is 23.7 Å². The van der Waals surface area contributed by atoms with Crippen molar-refractivity contribution in [1.29, 1.82) is 5.41 Å². The average Bonchev–Trinajstić information content (AvgIpc) is 2.49. The van der Waals surface area contributed by atoms with Crippen molar-refractivity contribution in [2.45, 2.75) is 25.0 Å². The first kappa shape index (κ1) is 14.7. The van der Waals surface area contributed by atoms with Crippen molar-refractivity contribution in [3.63, 3.8) is 0 Å². The van der Waals surface area contributed by atoms with E-state index in [0.29, 0.717) is 4.75 Å². The monoisotopic (exact) mass is 341 g/mol. The maximum atomic E-state index is 7.73. The van der Waals surface area contributed by atoms with Gasteiger partial charge < -0.3 is 10.6 Å². The van der Waals surface area contributed by atoms with Crippen molar-refractivity contribution in [1.82, 2.24) is 0 Å². The molecule has 1 aliphatic rings. The maximum Gasteiger partial charge on any atom is 0.124 e. The number of amidine groups is 1. The predicted molar refractivity (Wildman–Crippen MR) is 88.5 cm³/mol. The van der Waals surface area contributed by atoms with Crippen LogP contribution in [-0.2, 0) is 0 Å². The Hall–Kier alpha value is -0.680.